The molecule has 2 amide bonds. The number of carbonyl (C=O) groups excluding carboxylic acids is 1. The minimum atomic E-state index is -0.151. The van der Waals surface area contributed by atoms with Crippen molar-refractivity contribution >= 4 is 17.5 Å². The van der Waals surface area contributed by atoms with Crippen LogP contribution in [0, 0.1) is 6.92 Å². The Morgan fingerprint density at radius 1 is 0.968 bits per heavy atom. The summed E-state index contributed by atoms with van der Waals surface area (Å²) in [7, 11) is 3.14. The van der Waals surface area contributed by atoms with Gasteiger partial charge in [-0.25, -0.2) is 19.4 Å². The van der Waals surface area contributed by atoms with Crippen molar-refractivity contribution in [3.63, 3.8) is 0 Å². The van der Waals surface area contributed by atoms with Crippen molar-refractivity contribution in [1.82, 2.24) is 24.6 Å². The molecule has 10 nitrogen and oxygen atoms in total. The van der Waals surface area contributed by atoms with Gasteiger partial charge in [0.2, 0.25) is 0 Å². The largest absolute Gasteiger partial charge is 0.493 e. The van der Waals surface area contributed by atoms with Crippen LogP contribution >= 0.6 is 0 Å². The summed E-state index contributed by atoms with van der Waals surface area (Å²) in [5.74, 6) is 2.71. The minimum Gasteiger partial charge on any atom is -0.493 e. The molecule has 0 radical (unpaired) electrons. The third-order valence-corrected chi connectivity index (χ3v) is 5.12. The third kappa shape index (κ3) is 4.52. The Morgan fingerprint density at radius 3 is 2.39 bits per heavy atom. The number of ether oxygens (including phenoxy) is 2. The molecule has 3 aromatic rings. The Morgan fingerprint density at radius 2 is 1.71 bits per heavy atom. The van der Waals surface area contributed by atoms with Crippen molar-refractivity contribution < 1.29 is 14.3 Å². The highest BCUT2D eigenvalue weighted by Crippen LogP contribution is 2.30. The van der Waals surface area contributed by atoms with Crippen LogP contribution in [-0.4, -0.2) is 71.1 Å². The van der Waals surface area contributed by atoms with Crippen LogP contribution < -0.4 is 19.7 Å². The van der Waals surface area contributed by atoms with E-state index in [9.17, 15) is 4.79 Å². The Balaban J connectivity index is 1.37. The van der Waals surface area contributed by atoms with E-state index in [-0.39, 0.29) is 6.03 Å². The summed E-state index contributed by atoms with van der Waals surface area (Å²) < 4.78 is 12.3. The second-order valence-corrected chi connectivity index (χ2v) is 7.11. The second-order valence-electron chi connectivity index (χ2n) is 7.11. The van der Waals surface area contributed by atoms with Crippen LogP contribution in [0.25, 0.3) is 5.82 Å². The van der Waals surface area contributed by atoms with E-state index in [0.717, 1.165) is 11.5 Å². The highest BCUT2D eigenvalue weighted by Gasteiger charge is 2.22. The number of anilines is 2. The number of nitrogens with one attached hydrogen (secondary N) is 1. The Hall–Kier alpha value is -3.82. The highest BCUT2D eigenvalue weighted by molar-refractivity contribution is 5.90. The van der Waals surface area contributed by atoms with Crippen molar-refractivity contribution in [1.29, 1.82) is 0 Å². The average Bonchev–Trinajstić information content (AvgIpc) is 3.25. The molecule has 1 aliphatic heterocycles. The number of rotatable bonds is 5. The van der Waals surface area contributed by atoms with E-state index in [2.05, 4.69) is 25.3 Å². The molecule has 1 aromatic carbocycles. The molecule has 0 saturated carbocycles. The molecule has 0 aliphatic carbocycles. The normalized spacial score (nSPS) is 13.8. The molecule has 1 saturated heterocycles. The summed E-state index contributed by atoms with van der Waals surface area (Å²) in [6, 6.07) is 8.98. The lowest BCUT2D eigenvalue weighted by atomic mass is 10.2. The maximum Gasteiger partial charge on any atom is 0.321 e. The smallest absolute Gasteiger partial charge is 0.321 e. The predicted octanol–water partition coefficient (Wildman–Crippen LogP) is 2.34. The number of benzene rings is 1. The van der Waals surface area contributed by atoms with Crippen LogP contribution in [0.3, 0.4) is 0 Å². The topological polar surface area (TPSA) is 97.6 Å². The lowest BCUT2D eigenvalue weighted by Crippen LogP contribution is -2.50. The lowest BCUT2D eigenvalue weighted by molar-refractivity contribution is 0.208. The summed E-state index contributed by atoms with van der Waals surface area (Å²) in [5.41, 5.74) is 1.58. The van der Waals surface area contributed by atoms with Gasteiger partial charge in [0.1, 0.15) is 12.1 Å². The zero-order valence-corrected chi connectivity index (χ0v) is 17.8. The van der Waals surface area contributed by atoms with Crippen molar-refractivity contribution in [2.24, 2.45) is 0 Å². The third-order valence-electron chi connectivity index (χ3n) is 5.12. The maximum atomic E-state index is 12.7. The number of carbonyl (C=O) groups is 1. The molecule has 1 aliphatic rings. The van der Waals surface area contributed by atoms with Gasteiger partial charge in [-0.3, -0.25) is 0 Å². The van der Waals surface area contributed by atoms with Gasteiger partial charge >= 0.3 is 6.03 Å². The number of nitrogens with zero attached hydrogens (tertiary/aromatic N) is 6. The van der Waals surface area contributed by atoms with Gasteiger partial charge in [-0.05, 0) is 25.1 Å². The summed E-state index contributed by atoms with van der Waals surface area (Å²) >= 11 is 0. The molecule has 0 spiro atoms. The molecule has 0 bridgehead atoms. The van der Waals surface area contributed by atoms with E-state index in [1.54, 1.807) is 42.0 Å². The van der Waals surface area contributed by atoms with Crippen LogP contribution in [-0.2, 0) is 0 Å². The summed E-state index contributed by atoms with van der Waals surface area (Å²) in [6.45, 7) is 4.45. The number of urea groups is 1. The van der Waals surface area contributed by atoms with E-state index in [0.29, 0.717) is 49.2 Å². The summed E-state index contributed by atoms with van der Waals surface area (Å²) in [4.78, 5) is 25.3. The number of methoxy groups -OCH3 is 2. The molecule has 3 heterocycles. The number of amides is 2. The molecule has 10 heteroatoms. The number of hydrogen-bond donors (Lipinski definition) is 1. The first-order valence-corrected chi connectivity index (χ1v) is 9.95. The van der Waals surface area contributed by atoms with Crippen LogP contribution in [0.4, 0.5) is 16.3 Å². The van der Waals surface area contributed by atoms with E-state index in [1.807, 2.05) is 25.3 Å². The monoisotopic (exact) mass is 423 g/mol. The van der Waals surface area contributed by atoms with Crippen molar-refractivity contribution in [2.75, 3.05) is 50.6 Å². The quantitative estimate of drug-likeness (QED) is 0.673. The minimum absolute atomic E-state index is 0.151. The molecule has 1 fully saturated rings. The van der Waals surface area contributed by atoms with Gasteiger partial charge in [0.05, 0.1) is 19.9 Å². The molecule has 162 valence electrons. The zero-order chi connectivity index (χ0) is 21.8. The molecular weight excluding hydrogens is 398 g/mol. The summed E-state index contributed by atoms with van der Waals surface area (Å²) in [5, 5.41) is 7.32. The van der Waals surface area contributed by atoms with Gasteiger partial charge in [0.15, 0.2) is 17.3 Å². The van der Waals surface area contributed by atoms with Gasteiger partial charge in [-0.1, -0.05) is 0 Å². The fourth-order valence-corrected chi connectivity index (χ4v) is 3.43. The zero-order valence-electron chi connectivity index (χ0n) is 17.8. The van der Waals surface area contributed by atoms with Gasteiger partial charge in [-0.15, -0.1) is 0 Å². The number of aromatic nitrogens is 4. The number of hydrogen-bond acceptors (Lipinski definition) is 7. The molecule has 0 atom stereocenters. The van der Waals surface area contributed by atoms with E-state index in [4.69, 9.17) is 9.47 Å². The van der Waals surface area contributed by atoms with Crippen molar-refractivity contribution in [3.05, 3.63) is 48.5 Å². The van der Waals surface area contributed by atoms with Crippen LogP contribution in [0.1, 0.15) is 5.69 Å². The van der Waals surface area contributed by atoms with Gasteiger partial charge in [0, 0.05) is 50.2 Å². The number of piperazine rings is 1. The SMILES string of the molecule is COc1ccc(NC(=O)N2CCN(c3cc(-n4ccc(C)n4)ncn3)CC2)cc1OC. The first kappa shape index (κ1) is 20.5. The van der Waals surface area contributed by atoms with E-state index >= 15 is 0 Å². The van der Waals surface area contributed by atoms with Gasteiger partial charge < -0.3 is 24.6 Å². The van der Waals surface area contributed by atoms with Crippen molar-refractivity contribution in [2.45, 2.75) is 6.92 Å². The van der Waals surface area contributed by atoms with Gasteiger partial charge in [0.25, 0.3) is 0 Å². The van der Waals surface area contributed by atoms with Crippen LogP contribution in [0.15, 0.2) is 42.9 Å². The van der Waals surface area contributed by atoms with Crippen LogP contribution in [0.2, 0.25) is 0 Å². The molecule has 31 heavy (non-hydrogen) atoms. The van der Waals surface area contributed by atoms with Crippen molar-refractivity contribution in [3.8, 4) is 17.3 Å². The van der Waals surface area contributed by atoms with Gasteiger partial charge in [-0.2, -0.15) is 5.10 Å². The standard InChI is InChI=1S/C21H25N7O3/c1-15-6-7-28(25-15)20-13-19(22-14-23-20)26-8-10-27(11-9-26)21(29)24-16-4-5-17(30-2)18(12-16)31-3/h4-7,12-14H,8-11H2,1-3H3,(H,24,29). The molecule has 0 unspecified atom stereocenters. The second kappa shape index (κ2) is 8.90. The Labute approximate surface area is 180 Å². The molecular formula is C21H25N7O3. The average molecular weight is 423 g/mol. The molecule has 1 N–H and O–H groups in total. The van der Waals surface area contributed by atoms with E-state index in [1.165, 1.54) is 6.33 Å². The number of aryl methyl sites for hydroxylation is 1. The molecule has 4 rings (SSSR count). The summed E-state index contributed by atoms with van der Waals surface area (Å²) in [6.07, 6.45) is 3.41. The fraction of sp³-hybridized carbons (Fsp3) is 0.333. The Kier molecular flexibility index (Phi) is 5.87. The van der Waals surface area contributed by atoms with Crippen LogP contribution in [0.5, 0.6) is 11.5 Å². The lowest BCUT2D eigenvalue weighted by Gasteiger charge is -2.35. The highest BCUT2D eigenvalue weighted by atomic mass is 16.5. The predicted molar refractivity (Wildman–Crippen MR) is 116 cm³/mol. The molecule has 2 aromatic heterocycles. The maximum absolute atomic E-state index is 12.7. The first-order valence-electron chi connectivity index (χ1n) is 9.95. The first-order chi connectivity index (χ1) is 15.1. The fourth-order valence-electron chi connectivity index (χ4n) is 3.43. The van der Waals surface area contributed by atoms with E-state index < -0.39 is 0 Å². The Bertz CT molecular complexity index is 1060.